The monoisotopic (exact) mass is 179 g/mol. The molecule has 0 bridgehead atoms. The number of hydrogen-bond donors (Lipinski definition) is 5. The maximum absolute atomic E-state index is 10.9. The Morgan fingerprint density at radius 3 is 2.46 bits per heavy atom. The Bertz CT molecular complexity index is 523. The lowest BCUT2D eigenvalue weighted by atomic mass is 10.2. The van der Waals surface area contributed by atoms with Gasteiger partial charge >= 0.3 is 5.69 Å². The predicted molar refractivity (Wildman–Crippen MR) is 52.2 cm³/mol. The fraction of sp³-hybridized carbons (Fsp3) is 0. The zero-order chi connectivity index (χ0) is 9.59. The van der Waals surface area contributed by atoms with Crippen molar-refractivity contribution in [2.45, 2.75) is 0 Å². The zero-order valence-electron chi connectivity index (χ0n) is 6.72. The fourth-order valence-corrected chi connectivity index (χ4v) is 1.24. The molecule has 0 aliphatic carbocycles. The minimum Gasteiger partial charge on any atom is -0.397 e. The molecular formula is C7H9N5O. The van der Waals surface area contributed by atoms with Gasteiger partial charge in [0.1, 0.15) is 0 Å². The van der Waals surface area contributed by atoms with Crippen LogP contribution < -0.4 is 22.9 Å². The van der Waals surface area contributed by atoms with E-state index in [-0.39, 0.29) is 5.69 Å². The molecule has 0 amide bonds. The number of H-pyrrole nitrogens is 2. The highest BCUT2D eigenvalue weighted by Crippen LogP contribution is 2.28. The first-order chi connectivity index (χ1) is 6.09. The zero-order valence-corrected chi connectivity index (χ0v) is 6.72. The van der Waals surface area contributed by atoms with E-state index < -0.39 is 0 Å². The quantitative estimate of drug-likeness (QED) is 0.352. The average Bonchev–Trinajstić information content (AvgIpc) is 2.42. The van der Waals surface area contributed by atoms with Gasteiger partial charge < -0.3 is 27.2 Å². The molecular weight excluding hydrogens is 170 g/mol. The largest absolute Gasteiger partial charge is 0.397 e. The molecule has 1 heterocycles. The van der Waals surface area contributed by atoms with Crippen LogP contribution in [0.4, 0.5) is 17.1 Å². The lowest BCUT2D eigenvalue weighted by Gasteiger charge is -2.03. The lowest BCUT2D eigenvalue weighted by Crippen LogP contribution is -2.01. The van der Waals surface area contributed by atoms with Crippen LogP contribution in [0.25, 0.3) is 11.0 Å². The molecule has 2 aromatic rings. The number of fused-ring (bicyclic) bond motifs is 1. The molecule has 6 nitrogen and oxygen atoms in total. The second-order valence-electron chi connectivity index (χ2n) is 2.79. The molecule has 0 saturated carbocycles. The second-order valence-corrected chi connectivity index (χ2v) is 2.79. The Morgan fingerprint density at radius 1 is 1.08 bits per heavy atom. The summed E-state index contributed by atoms with van der Waals surface area (Å²) in [5, 5.41) is 0. The normalized spacial score (nSPS) is 10.8. The number of nitrogens with one attached hydrogen (secondary N) is 2. The Kier molecular flexibility index (Phi) is 1.27. The minimum atomic E-state index is -0.327. The van der Waals surface area contributed by atoms with Gasteiger partial charge in [-0.25, -0.2) is 4.79 Å². The van der Waals surface area contributed by atoms with Gasteiger partial charge in [-0.05, 0) is 6.07 Å². The lowest BCUT2D eigenvalue weighted by molar-refractivity contribution is 1.22. The molecule has 6 heteroatoms. The van der Waals surface area contributed by atoms with Crippen molar-refractivity contribution >= 4 is 28.1 Å². The number of aromatic amines is 2. The number of nitrogens with two attached hydrogens (primary N) is 3. The molecule has 13 heavy (non-hydrogen) atoms. The summed E-state index contributed by atoms with van der Waals surface area (Å²) in [5.74, 6) is 0. The van der Waals surface area contributed by atoms with Gasteiger partial charge in [-0.2, -0.15) is 0 Å². The van der Waals surface area contributed by atoms with Crippen molar-refractivity contribution in [1.29, 1.82) is 0 Å². The number of benzene rings is 1. The average molecular weight is 179 g/mol. The molecule has 68 valence electrons. The minimum absolute atomic E-state index is 0.294. The van der Waals surface area contributed by atoms with Crippen LogP contribution in [0.3, 0.4) is 0 Å². The molecule has 8 N–H and O–H groups in total. The molecule has 0 aliphatic heterocycles. The first kappa shape index (κ1) is 7.53. The van der Waals surface area contributed by atoms with Crippen molar-refractivity contribution in [1.82, 2.24) is 9.97 Å². The Balaban J connectivity index is 3.00. The van der Waals surface area contributed by atoms with Crippen LogP contribution in [0.1, 0.15) is 0 Å². The highest BCUT2D eigenvalue weighted by atomic mass is 16.1. The van der Waals surface area contributed by atoms with Gasteiger partial charge in [0.15, 0.2) is 0 Å². The van der Waals surface area contributed by atoms with E-state index in [4.69, 9.17) is 17.2 Å². The molecule has 0 aliphatic rings. The van der Waals surface area contributed by atoms with Crippen molar-refractivity contribution in [2.24, 2.45) is 0 Å². The molecule has 1 aromatic heterocycles. The summed E-state index contributed by atoms with van der Waals surface area (Å²) in [6.07, 6.45) is 0. The van der Waals surface area contributed by atoms with Gasteiger partial charge in [0.05, 0.1) is 28.1 Å². The van der Waals surface area contributed by atoms with E-state index in [0.717, 1.165) is 0 Å². The summed E-state index contributed by atoms with van der Waals surface area (Å²) < 4.78 is 0. The highest BCUT2D eigenvalue weighted by Gasteiger charge is 2.08. The number of anilines is 3. The first-order valence-corrected chi connectivity index (χ1v) is 3.65. The second kappa shape index (κ2) is 2.19. The first-order valence-electron chi connectivity index (χ1n) is 3.65. The number of nitrogen functional groups attached to an aromatic ring is 3. The summed E-state index contributed by atoms with van der Waals surface area (Å²) in [6, 6.07) is 1.57. The van der Waals surface area contributed by atoms with Gasteiger partial charge in [-0.3, -0.25) is 0 Å². The van der Waals surface area contributed by atoms with Crippen LogP contribution in [0, 0.1) is 0 Å². The molecule has 0 fully saturated rings. The van der Waals surface area contributed by atoms with Crippen molar-refractivity contribution in [3.8, 4) is 0 Å². The summed E-state index contributed by atoms with van der Waals surface area (Å²) >= 11 is 0. The van der Waals surface area contributed by atoms with Crippen molar-refractivity contribution in [3.05, 3.63) is 16.6 Å². The van der Waals surface area contributed by atoms with E-state index in [9.17, 15) is 4.79 Å². The Morgan fingerprint density at radius 2 is 1.77 bits per heavy atom. The molecule has 2 rings (SSSR count). The van der Waals surface area contributed by atoms with Crippen LogP contribution in [-0.4, -0.2) is 9.97 Å². The van der Waals surface area contributed by atoms with E-state index in [1.54, 1.807) is 6.07 Å². The van der Waals surface area contributed by atoms with Crippen LogP contribution in [0.5, 0.6) is 0 Å². The third kappa shape index (κ3) is 0.919. The van der Waals surface area contributed by atoms with Gasteiger partial charge in [0.25, 0.3) is 0 Å². The molecule has 0 saturated heterocycles. The third-order valence-electron chi connectivity index (χ3n) is 1.93. The van der Waals surface area contributed by atoms with Crippen molar-refractivity contribution in [2.75, 3.05) is 17.2 Å². The predicted octanol–water partition coefficient (Wildman–Crippen LogP) is -0.397. The topological polar surface area (TPSA) is 127 Å². The Hall–Kier alpha value is -2.11. The number of aromatic nitrogens is 2. The van der Waals surface area contributed by atoms with Crippen LogP contribution >= 0.6 is 0 Å². The highest BCUT2D eigenvalue weighted by molar-refractivity contribution is 5.99. The van der Waals surface area contributed by atoms with Crippen LogP contribution in [0.15, 0.2) is 10.9 Å². The van der Waals surface area contributed by atoms with E-state index in [1.165, 1.54) is 0 Å². The SMILES string of the molecule is Nc1cc2[nH]c(=O)[nH]c2c(N)c1N. The maximum Gasteiger partial charge on any atom is 0.323 e. The van der Waals surface area contributed by atoms with Gasteiger partial charge in [0, 0.05) is 0 Å². The van der Waals surface area contributed by atoms with Gasteiger partial charge in [-0.1, -0.05) is 0 Å². The van der Waals surface area contributed by atoms with Crippen LogP contribution in [0.2, 0.25) is 0 Å². The van der Waals surface area contributed by atoms with Gasteiger partial charge in [-0.15, -0.1) is 0 Å². The molecule has 0 atom stereocenters. The van der Waals surface area contributed by atoms with E-state index in [0.29, 0.717) is 28.1 Å². The maximum atomic E-state index is 10.9. The summed E-state index contributed by atoms with van der Waals surface area (Å²) in [7, 11) is 0. The van der Waals surface area contributed by atoms with Gasteiger partial charge in [0.2, 0.25) is 0 Å². The summed E-state index contributed by atoms with van der Waals surface area (Å²) in [5.41, 5.74) is 18.5. The van der Waals surface area contributed by atoms with E-state index in [2.05, 4.69) is 9.97 Å². The smallest absolute Gasteiger partial charge is 0.323 e. The van der Waals surface area contributed by atoms with E-state index >= 15 is 0 Å². The van der Waals surface area contributed by atoms with E-state index in [1.807, 2.05) is 0 Å². The molecule has 0 unspecified atom stereocenters. The number of rotatable bonds is 0. The standard InChI is InChI=1S/C7H9N5O/c8-2-1-3-6(5(10)4(2)9)12-7(13)11-3/h1H,8-10H2,(H2,11,12,13). The number of hydrogen-bond acceptors (Lipinski definition) is 4. The van der Waals surface area contributed by atoms with Crippen molar-refractivity contribution in [3.63, 3.8) is 0 Å². The molecule has 0 radical (unpaired) electrons. The summed E-state index contributed by atoms with van der Waals surface area (Å²) in [4.78, 5) is 16.0. The molecule has 0 spiro atoms. The summed E-state index contributed by atoms with van der Waals surface area (Å²) in [6.45, 7) is 0. The van der Waals surface area contributed by atoms with Crippen molar-refractivity contribution < 1.29 is 0 Å². The fourth-order valence-electron chi connectivity index (χ4n) is 1.24. The number of imidazole rings is 1. The van der Waals surface area contributed by atoms with Crippen LogP contribution in [-0.2, 0) is 0 Å². The Labute approximate surface area is 72.7 Å². The molecule has 1 aromatic carbocycles. The third-order valence-corrected chi connectivity index (χ3v) is 1.93.